The molecule has 5 nitrogen and oxygen atoms in total. The van der Waals surface area contributed by atoms with Crippen molar-refractivity contribution in [2.45, 2.75) is 19.1 Å². The Morgan fingerprint density at radius 3 is 3.06 bits per heavy atom. The highest BCUT2D eigenvalue weighted by Gasteiger charge is 2.32. The Labute approximate surface area is 99.0 Å². The van der Waals surface area contributed by atoms with Gasteiger partial charge in [-0.15, -0.1) is 0 Å². The van der Waals surface area contributed by atoms with Gasteiger partial charge in [0, 0.05) is 25.8 Å². The van der Waals surface area contributed by atoms with Gasteiger partial charge in [0.1, 0.15) is 23.4 Å². The van der Waals surface area contributed by atoms with Gasteiger partial charge in [-0.1, -0.05) is 11.6 Å². The molecule has 1 aromatic rings. The Kier molecular flexibility index (Phi) is 3.58. The van der Waals surface area contributed by atoms with Crippen molar-refractivity contribution in [3.05, 3.63) is 17.5 Å². The highest BCUT2D eigenvalue weighted by Crippen LogP contribution is 2.21. The highest BCUT2D eigenvalue weighted by atomic mass is 35.5. The molecule has 6 heteroatoms. The summed E-state index contributed by atoms with van der Waals surface area (Å²) in [5.41, 5.74) is 0. The normalized spacial score (nSPS) is 25.1. The standard InChI is InChI=1S/C10H14ClN3O2/c1-2-16-8-5-14(4-7(8)15)10-3-9(11)12-6-13-10/h3,6-8,15H,2,4-5H2,1H3/t7-,8-/m1/s1. The minimum atomic E-state index is -0.478. The average Bonchev–Trinajstić information content (AvgIpc) is 2.61. The van der Waals surface area contributed by atoms with Crippen molar-refractivity contribution < 1.29 is 9.84 Å². The number of β-amino-alcohol motifs (C(OH)–C–C–N with tert-alkyl or cyclic N) is 1. The molecule has 1 saturated heterocycles. The summed E-state index contributed by atoms with van der Waals surface area (Å²) < 4.78 is 5.43. The Bertz CT molecular complexity index is 364. The molecule has 0 radical (unpaired) electrons. The number of aromatic nitrogens is 2. The van der Waals surface area contributed by atoms with Crippen molar-refractivity contribution in [2.24, 2.45) is 0 Å². The maximum absolute atomic E-state index is 9.78. The molecule has 1 aliphatic heterocycles. The number of halogens is 1. The van der Waals surface area contributed by atoms with Crippen molar-refractivity contribution in [1.82, 2.24) is 9.97 Å². The van der Waals surface area contributed by atoms with Crippen LogP contribution < -0.4 is 4.90 Å². The Hall–Kier alpha value is -0.910. The molecule has 0 aliphatic carbocycles. The number of anilines is 1. The number of hydrogen-bond acceptors (Lipinski definition) is 5. The zero-order valence-corrected chi connectivity index (χ0v) is 9.76. The first kappa shape index (κ1) is 11.6. The third kappa shape index (κ3) is 2.42. The van der Waals surface area contributed by atoms with Crippen molar-refractivity contribution in [3.8, 4) is 0 Å². The molecule has 16 heavy (non-hydrogen) atoms. The fourth-order valence-electron chi connectivity index (χ4n) is 1.82. The van der Waals surface area contributed by atoms with E-state index < -0.39 is 6.10 Å². The summed E-state index contributed by atoms with van der Waals surface area (Å²) in [6.45, 7) is 3.65. The molecule has 2 atom stereocenters. The van der Waals surface area contributed by atoms with Gasteiger partial charge in [0.15, 0.2) is 0 Å². The molecule has 1 aliphatic rings. The molecule has 0 unspecified atom stereocenters. The van der Waals surface area contributed by atoms with Crippen LogP contribution in [0.5, 0.6) is 0 Å². The third-order valence-corrected chi connectivity index (χ3v) is 2.77. The van der Waals surface area contributed by atoms with Crippen LogP contribution in [0, 0.1) is 0 Å². The lowest BCUT2D eigenvalue weighted by Crippen LogP contribution is -2.26. The van der Waals surface area contributed by atoms with Crippen LogP contribution in [0.2, 0.25) is 5.15 Å². The van der Waals surface area contributed by atoms with E-state index in [4.69, 9.17) is 16.3 Å². The highest BCUT2D eigenvalue weighted by molar-refractivity contribution is 6.29. The van der Waals surface area contributed by atoms with E-state index in [0.717, 1.165) is 5.82 Å². The van der Waals surface area contributed by atoms with Crippen LogP contribution in [0.1, 0.15) is 6.92 Å². The molecule has 0 saturated carbocycles. The topological polar surface area (TPSA) is 58.5 Å². The Morgan fingerprint density at radius 2 is 2.38 bits per heavy atom. The second-order valence-electron chi connectivity index (χ2n) is 3.67. The van der Waals surface area contributed by atoms with Crippen molar-refractivity contribution in [1.29, 1.82) is 0 Å². The zero-order chi connectivity index (χ0) is 11.5. The molecule has 2 rings (SSSR count). The summed E-state index contributed by atoms with van der Waals surface area (Å²) in [6, 6.07) is 1.68. The lowest BCUT2D eigenvalue weighted by Gasteiger charge is -2.16. The molecule has 0 bridgehead atoms. The zero-order valence-electron chi connectivity index (χ0n) is 9.01. The number of aliphatic hydroxyl groups excluding tert-OH is 1. The average molecular weight is 244 g/mol. The van der Waals surface area contributed by atoms with E-state index in [-0.39, 0.29) is 6.10 Å². The summed E-state index contributed by atoms with van der Waals surface area (Å²) >= 11 is 5.79. The van der Waals surface area contributed by atoms with Crippen LogP contribution in [0.4, 0.5) is 5.82 Å². The van der Waals surface area contributed by atoms with Crippen molar-refractivity contribution >= 4 is 17.4 Å². The molecule has 1 N–H and O–H groups in total. The smallest absolute Gasteiger partial charge is 0.134 e. The van der Waals surface area contributed by atoms with Gasteiger partial charge in [-0.25, -0.2) is 9.97 Å². The van der Waals surface area contributed by atoms with E-state index in [2.05, 4.69) is 9.97 Å². The summed E-state index contributed by atoms with van der Waals surface area (Å²) in [6.07, 6.45) is 0.783. The second-order valence-corrected chi connectivity index (χ2v) is 4.05. The van der Waals surface area contributed by atoms with Gasteiger partial charge < -0.3 is 14.7 Å². The summed E-state index contributed by atoms with van der Waals surface area (Å²) in [4.78, 5) is 9.88. The van der Waals surface area contributed by atoms with Crippen LogP contribution >= 0.6 is 11.6 Å². The molecule has 2 heterocycles. The van der Waals surface area contributed by atoms with Gasteiger partial charge >= 0.3 is 0 Å². The first-order chi connectivity index (χ1) is 7.70. The molecule has 1 aromatic heterocycles. The van der Waals surface area contributed by atoms with Gasteiger partial charge in [-0.2, -0.15) is 0 Å². The van der Waals surface area contributed by atoms with Gasteiger partial charge in [0.2, 0.25) is 0 Å². The molecule has 0 aromatic carbocycles. The predicted molar refractivity (Wildman–Crippen MR) is 60.7 cm³/mol. The van der Waals surface area contributed by atoms with E-state index in [9.17, 15) is 5.11 Å². The van der Waals surface area contributed by atoms with E-state index in [0.29, 0.717) is 24.8 Å². The van der Waals surface area contributed by atoms with Crippen LogP contribution in [0.15, 0.2) is 12.4 Å². The molecule has 88 valence electrons. The minimum absolute atomic E-state index is 0.154. The van der Waals surface area contributed by atoms with Crippen LogP contribution in [0.3, 0.4) is 0 Å². The van der Waals surface area contributed by atoms with E-state index in [1.54, 1.807) is 6.07 Å². The van der Waals surface area contributed by atoms with Crippen LogP contribution in [0.25, 0.3) is 0 Å². The second kappa shape index (κ2) is 4.95. The van der Waals surface area contributed by atoms with Gasteiger partial charge in [-0.3, -0.25) is 0 Å². The Balaban J connectivity index is 2.07. The summed E-state index contributed by atoms with van der Waals surface area (Å²) in [7, 11) is 0. The Morgan fingerprint density at radius 1 is 1.56 bits per heavy atom. The quantitative estimate of drug-likeness (QED) is 0.793. The van der Waals surface area contributed by atoms with Gasteiger partial charge in [0.25, 0.3) is 0 Å². The fourth-order valence-corrected chi connectivity index (χ4v) is 1.96. The first-order valence-electron chi connectivity index (χ1n) is 5.23. The predicted octanol–water partition coefficient (Wildman–Crippen LogP) is 0.716. The molecular formula is C10H14ClN3O2. The minimum Gasteiger partial charge on any atom is -0.388 e. The lowest BCUT2D eigenvalue weighted by molar-refractivity contribution is -0.00189. The molecule has 0 amide bonds. The first-order valence-corrected chi connectivity index (χ1v) is 5.60. The van der Waals surface area contributed by atoms with Gasteiger partial charge in [-0.05, 0) is 6.92 Å². The molecular weight excluding hydrogens is 230 g/mol. The number of ether oxygens (including phenoxy) is 1. The summed E-state index contributed by atoms with van der Waals surface area (Å²) in [5.74, 6) is 0.723. The van der Waals surface area contributed by atoms with Crippen LogP contribution in [-0.4, -0.2) is 47.0 Å². The largest absolute Gasteiger partial charge is 0.388 e. The van der Waals surface area contributed by atoms with E-state index >= 15 is 0 Å². The fraction of sp³-hybridized carbons (Fsp3) is 0.600. The van der Waals surface area contributed by atoms with Crippen molar-refractivity contribution in [3.63, 3.8) is 0 Å². The number of nitrogens with zero attached hydrogens (tertiary/aromatic N) is 3. The maximum Gasteiger partial charge on any atom is 0.134 e. The number of aliphatic hydroxyl groups is 1. The molecule has 0 spiro atoms. The SMILES string of the molecule is CCO[C@@H]1CN(c2cc(Cl)ncn2)C[C@H]1O. The van der Waals surface area contributed by atoms with E-state index in [1.165, 1.54) is 6.33 Å². The number of hydrogen-bond donors (Lipinski definition) is 1. The third-order valence-electron chi connectivity index (χ3n) is 2.56. The maximum atomic E-state index is 9.78. The monoisotopic (exact) mass is 243 g/mol. The summed E-state index contributed by atoms with van der Waals surface area (Å²) in [5, 5.41) is 10.2. The van der Waals surface area contributed by atoms with Crippen molar-refractivity contribution in [2.75, 3.05) is 24.6 Å². The van der Waals surface area contributed by atoms with Crippen LogP contribution in [-0.2, 0) is 4.74 Å². The molecule has 1 fully saturated rings. The number of rotatable bonds is 3. The van der Waals surface area contributed by atoms with Gasteiger partial charge in [0.05, 0.1) is 6.10 Å². The van der Waals surface area contributed by atoms with E-state index in [1.807, 2.05) is 11.8 Å². The lowest BCUT2D eigenvalue weighted by atomic mass is 10.3.